The third-order valence-electron chi connectivity index (χ3n) is 1.81. The molecule has 1 aromatic heterocycles. The summed E-state index contributed by atoms with van der Waals surface area (Å²) in [5, 5.41) is 11.2. The van der Waals surface area contributed by atoms with Crippen LogP contribution in [-0.2, 0) is 4.79 Å². The predicted octanol–water partition coefficient (Wildman–Crippen LogP) is 1.43. The standard InChI is InChI=1S/C10H12N2O3S/c1-10(2,16)9(15)12-7-4-3-6(5-11-7)8(13)14/h3-5,16H,1-2H3,(H,13,14)(H,11,12,15). The third-order valence-corrected chi connectivity index (χ3v) is 2.01. The molecule has 6 heteroatoms. The van der Waals surface area contributed by atoms with Crippen LogP contribution in [0.25, 0.3) is 0 Å². The quantitative estimate of drug-likeness (QED) is 0.698. The normalized spacial score (nSPS) is 10.9. The fourth-order valence-electron chi connectivity index (χ4n) is 0.864. The number of amides is 1. The van der Waals surface area contributed by atoms with Crippen LogP contribution in [0, 0.1) is 0 Å². The Morgan fingerprint density at radius 1 is 1.44 bits per heavy atom. The molecule has 0 aliphatic rings. The van der Waals surface area contributed by atoms with Gasteiger partial charge in [-0.15, -0.1) is 0 Å². The Hall–Kier alpha value is -1.56. The summed E-state index contributed by atoms with van der Waals surface area (Å²) >= 11 is 4.10. The molecule has 5 nitrogen and oxygen atoms in total. The van der Waals surface area contributed by atoms with E-state index in [9.17, 15) is 9.59 Å². The van der Waals surface area contributed by atoms with E-state index in [0.29, 0.717) is 5.82 Å². The topological polar surface area (TPSA) is 79.3 Å². The molecule has 0 saturated heterocycles. The maximum absolute atomic E-state index is 11.5. The maximum Gasteiger partial charge on any atom is 0.337 e. The van der Waals surface area contributed by atoms with Crippen LogP contribution in [0.15, 0.2) is 18.3 Å². The van der Waals surface area contributed by atoms with Gasteiger partial charge < -0.3 is 10.4 Å². The molecule has 16 heavy (non-hydrogen) atoms. The lowest BCUT2D eigenvalue weighted by Gasteiger charge is -2.16. The Morgan fingerprint density at radius 2 is 2.06 bits per heavy atom. The molecule has 1 aromatic rings. The van der Waals surface area contributed by atoms with Gasteiger partial charge in [0.1, 0.15) is 5.82 Å². The molecule has 0 spiro atoms. The van der Waals surface area contributed by atoms with Crippen LogP contribution in [0.5, 0.6) is 0 Å². The van der Waals surface area contributed by atoms with Crippen molar-refractivity contribution in [3.8, 4) is 0 Å². The highest BCUT2D eigenvalue weighted by Crippen LogP contribution is 2.15. The summed E-state index contributed by atoms with van der Waals surface area (Å²) in [7, 11) is 0. The molecule has 0 unspecified atom stereocenters. The smallest absolute Gasteiger partial charge is 0.337 e. The lowest BCUT2D eigenvalue weighted by atomic mass is 10.2. The largest absolute Gasteiger partial charge is 0.478 e. The van der Waals surface area contributed by atoms with E-state index in [-0.39, 0.29) is 11.5 Å². The summed E-state index contributed by atoms with van der Waals surface area (Å²) in [6, 6.07) is 2.80. The fourth-order valence-corrected chi connectivity index (χ4v) is 0.919. The zero-order valence-electron chi connectivity index (χ0n) is 8.89. The highest BCUT2D eigenvalue weighted by molar-refractivity contribution is 7.82. The minimum atomic E-state index is -1.06. The van der Waals surface area contributed by atoms with Crippen molar-refractivity contribution in [1.29, 1.82) is 0 Å². The Balaban J connectivity index is 2.77. The number of rotatable bonds is 3. The molecule has 1 amide bonds. The number of carboxylic acids is 1. The van der Waals surface area contributed by atoms with Crippen LogP contribution in [0.4, 0.5) is 5.82 Å². The lowest BCUT2D eigenvalue weighted by molar-refractivity contribution is -0.117. The van der Waals surface area contributed by atoms with Gasteiger partial charge in [0, 0.05) is 6.20 Å². The summed E-state index contributed by atoms with van der Waals surface area (Å²) in [6.45, 7) is 3.30. The Morgan fingerprint density at radius 3 is 2.44 bits per heavy atom. The van der Waals surface area contributed by atoms with E-state index >= 15 is 0 Å². The first kappa shape index (κ1) is 12.5. The van der Waals surface area contributed by atoms with Crippen LogP contribution >= 0.6 is 12.6 Å². The van der Waals surface area contributed by atoms with E-state index in [1.54, 1.807) is 13.8 Å². The average Bonchev–Trinajstić information content (AvgIpc) is 2.17. The van der Waals surface area contributed by atoms with Crippen molar-refractivity contribution in [2.45, 2.75) is 18.6 Å². The second kappa shape index (κ2) is 4.52. The van der Waals surface area contributed by atoms with Gasteiger partial charge in [0.2, 0.25) is 5.91 Å². The Labute approximate surface area is 98.3 Å². The number of pyridine rings is 1. The number of carboxylic acid groups (broad SMARTS) is 1. The number of thiol groups is 1. The molecule has 0 aliphatic heterocycles. The molecular weight excluding hydrogens is 228 g/mol. The summed E-state index contributed by atoms with van der Waals surface area (Å²) in [4.78, 5) is 25.9. The maximum atomic E-state index is 11.5. The molecule has 86 valence electrons. The third kappa shape index (κ3) is 3.23. The van der Waals surface area contributed by atoms with Gasteiger partial charge in [-0.05, 0) is 26.0 Å². The van der Waals surface area contributed by atoms with Gasteiger partial charge in [0.15, 0.2) is 0 Å². The van der Waals surface area contributed by atoms with E-state index in [4.69, 9.17) is 5.11 Å². The number of anilines is 1. The number of hydrogen-bond acceptors (Lipinski definition) is 4. The van der Waals surface area contributed by atoms with Crippen LogP contribution < -0.4 is 5.32 Å². The number of hydrogen-bond donors (Lipinski definition) is 3. The molecule has 2 N–H and O–H groups in total. The van der Waals surface area contributed by atoms with Gasteiger partial charge in [-0.2, -0.15) is 12.6 Å². The van der Waals surface area contributed by atoms with Gasteiger partial charge in [0.25, 0.3) is 0 Å². The molecule has 0 saturated carbocycles. The van der Waals surface area contributed by atoms with Crippen molar-refractivity contribution in [2.75, 3.05) is 5.32 Å². The monoisotopic (exact) mass is 240 g/mol. The minimum absolute atomic E-state index is 0.0723. The van der Waals surface area contributed by atoms with Crippen molar-refractivity contribution in [3.05, 3.63) is 23.9 Å². The summed E-state index contributed by atoms with van der Waals surface area (Å²) < 4.78 is -0.812. The predicted molar refractivity (Wildman–Crippen MR) is 62.9 cm³/mol. The molecule has 0 aliphatic carbocycles. The van der Waals surface area contributed by atoms with E-state index in [1.807, 2.05) is 0 Å². The summed E-state index contributed by atoms with van der Waals surface area (Å²) in [6.07, 6.45) is 1.18. The summed E-state index contributed by atoms with van der Waals surface area (Å²) in [5.41, 5.74) is 0.0723. The van der Waals surface area contributed by atoms with Crippen molar-refractivity contribution < 1.29 is 14.7 Å². The first-order chi connectivity index (χ1) is 7.30. The SMILES string of the molecule is CC(C)(S)C(=O)Nc1ccc(C(=O)O)cn1. The molecule has 0 atom stereocenters. The molecular formula is C10H12N2O3S. The van der Waals surface area contributed by atoms with Crippen molar-refractivity contribution in [1.82, 2.24) is 4.98 Å². The van der Waals surface area contributed by atoms with Crippen LogP contribution in [0.1, 0.15) is 24.2 Å². The number of carbonyl (C=O) groups is 2. The lowest BCUT2D eigenvalue weighted by Crippen LogP contribution is -2.31. The van der Waals surface area contributed by atoms with Crippen molar-refractivity contribution in [3.63, 3.8) is 0 Å². The molecule has 0 aromatic carbocycles. The van der Waals surface area contributed by atoms with Crippen molar-refractivity contribution >= 4 is 30.3 Å². The number of nitrogens with zero attached hydrogens (tertiary/aromatic N) is 1. The molecule has 1 rings (SSSR count). The van der Waals surface area contributed by atoms with E-state index in [0.717, 1.165) is 0 Å². The number of carbonyl (C=O) groups excluding carboxylic acids is 1. The zero-order valence-corrected chi connectivity index (χ0v) is 9.78. The number of aromatic carboxylic acids is 1. The van der Waals surface area contributed by atoms with E-state index in [1.165, 1.54) is 18.3 Å². The first-order valence-corrected chi connectivity index (χ1v) is 4.98. The highest BCUT2D eigenvalue weighted by atomic mass is 32.1. The zero-order chi connectivity index (χ0) is 12.3. The highest BCUT2D eigenvalue weighted by Gasteiger charge is 2.22. The van der Waals surface area contributed by atoms with Crippen LogP contribution in [-0.4, -0.2) is 26.7 Å². The Kier molecular flexibility index (Phi) is 3.54. The van der Waals surface area contributed by atoms with E-state index in [2.05, 4.69) is 22.9 Å². The van der Waals surface area contributed by atoms with E-state index < -0.39 is 10.7 Å². The van der Waals surface area contributed by atoms with Crippen LogP contribution in [0.3, 0.4) is 0 Å². The second-order valence-electron chi connectivity index (χ2n) is 3.75. The minimum Gasteiger partial charge on any atom is -0.478 e. The average molecular weight is 240 g/mol. The molecule has 0 bridgehead atoms. The molecule has 0 radical (unpaired) electrons. The number of aromatic nitrogens is 1. The van der Waals surface area contributed by atoms with Crippen LogP contribution in [0.2, 0.25) is 0 Å². The number of nitrogens with one attached hydrogen (secondary N) is 1. The fraction of sp³-hybridized carbons (Fsp3) is 0.300. The second-order valence-corrected chi connectivity index (χ2v) is 4.87. The van der Waals surface area contributed by atoms with Gasteiger partial charge in [-0.1, -0.05) is 0 Å². The van der Waals surface area contributed by atoms with Gasteiger partial charge in [0.05, 0.1) is 10.3 Å². The van der Waals surface area contributed by atoms with Gasteiger partial charge >= 0.3 is 5.97 Å². The molecule has 1 heterocycles. The summed E-state index contributed by atoms with van der Waals surface area (Å²) in [5.74, 6) is -1.05. The first-order valence-electron chi connectivity index (χ1n) is 4.54. The Bertz CT molecular complexity index is 409. The van der Waals surface area contributed by atoms with Crippen molar-refractivity contribution in [2.24, 2.45) is 0 Å². The molecule has 0 fully saturated rings. The van der Waals surface area contributed by atoms with Gasteiger partial charge in [-0.3, -0.25) is 4.79 Å². The van der Waals surface area contributed by atoms with Gasteiger partial charge in [-0.25, -0.2) is 9.78 Å².